The molecule has 0 bridgehead atoms. The Morgan fingerprint density at radius 2 is 1.80 bits per heavy atom. The molecule has 0 fully saturated rings. The molecule has 0 saturated carbocycles. The number of hydrogen-bond donors (Lipinski definition) is 1. The quantitative estimate of drug-likeness (QED) is 0.765. The summed E-state index contributed by atoms with van der Waals surface area (Å²) in [6.45, 7) is 6.93. The van der Waals surface area contributed by atoms with Gasteiger partial charge in [-0.3, -0.25) is 0 Å². The van der Waals surface area contributed by atoms with Crippen molar-refractivity contribution in [1.82, 2.24) is 4.57 Å². The lowest BCUT2D eigenvalue weighted by molar-refractivity contribution is 0.0686. The first-order chi connectivity index (χ1) is 11.8. The average molecular weight is 332 g/mol. The van der Waals surface area contributed by atoms with Gasteiger partial charge in [0.1, 0.15) is 5.69 Å². The number of fused-ring (bicyclic) bond motifs is 1. The van der Waals surface area contributed by atoms with E-state index in [0.29, 0.717) is 12.1 Å². The zero-order chi connectivity index (χ0) is 18.2. The number of aromatic carboxylic acids is 1. The van der Waals surface area contributed by atoms with Gasteiger partial charge in [0.25, 0.3) is 0 Å². The topological polar surface area (TPSA) is 66.0 Å². The van der Waals surface area contributed by atoms with Crippen molar-refractivity contribution in [3.63, 3.8) is 0 Å². The van der Waals surface area contributed by atoms with E-state index in [1.54, 1.807) is 28.8 Å². The fourth-order valence-electron chi connectivity index (χ4n) is 2.96. The maximum Gasteiger partial charge on any atom is 0.352 e. The first kappa shape index (κ1) is 16.8. The Morgan fingerprint density at radius 3 is 2.36 bits per heavy atom. The Bertz CT molecular complexity index is 984. The molecule has 4 heteroatoms. The Morgan fingerprint density at radius 1 is 1.12 bits per heavy atom. The van der Waals surface area contributed by atoms with Gasteiger partial charge in [-0.05, 0) is 34.7 Å². The van der Waals surface area contributed by atoms with E-state index in [4.69, 9.17) is 5.26 Å². The average Bonchev–Trinajstić information content (AvgIpc) is 2.92. The second-order valence-corrected chi connectivity index (χ2v) is 7.25. The fourth-order valence-corrected chi connectivity index (χ4v) is 2.96. The molecular formula is C21H20N2O2. The number of rotatable bonds is 3. The van der Waals surface area contributed by atoms with Crippen LogP contribution in [0.1, 0.15) is 48.0 Å². The molecule has 3 aromatic rings. The van der Waals surface area contributed by atoms with E-state index in [0.717, 1.165) is 16.5 Å². The maximum absolute atomic E-state index is 11.6. The second-order valence-electron chi connectivity index (χ2n) is 7.25. The molecule has 126 valence electrons. The molecule has 0 aliphatic carbocycles. The number of carbonyl (C=O) groups is 1. The number of nitrogens with zero attached hydrogens (tertiary/aromatic N) is 2. The third-order valence-corrected chi connectivity index (χ3v) is 4.41. The van der Waals surface area contributed by atoms with E-state index in [-0.39, 0.29) is 11.1 Å². The molecular weight excluding hydrogens is 312 g/mol. The normalized spacial score (nSPS) is 11.4. The maximum atomic E-state index is 11.6. The molecule has 1 N–H and O–H groups in total. The number of hydrogen-bond acceptors (Lipinski definition) is 2. The van der Waals surface area contributed by atoms with Crippen LogP contribution in [0.4, 0.5) is 0 Å². The largest absolute Gasteiger partial charge is 0.477 e. The van der Waals surface area contributed by atoms with Gasteiger partial charge in [0.15, 0.2) is 0 Å². The number of aromatic nitrogens is 1. The number of benzene rings is 2. The van der Waals surface area contributed by atoms with E-state index in [2.05, 4.69) is 39.0 Å². The van der Waals surface area contributed by atoms with Crippen molar-refractivity contribution < 1.29 is 9.90 Å². The van der Waals surface area contributed by atoms with Crippen LogP contribution in [0, 0.1) is 11.3 Å². The second kappa shape index (κ2) is 6.10. The summed E-state index contributed by atoms with van der Waals surface area (Å²) in [6.07, 6.45) is 0. The van der Waals surface area contributed by atoms with E-state index in [1.807, 2.05) is 12.1 Å². The molecule has 0 saturated heterocycles. The molecule has 4 nitrogen and oxygen atoms in total. The molecule has 0 amide bonds. The third kappa shape index (κ3) is 3.27. The van der Waals surface area contributed by atoms with Gasteiger partial charge in [0, 0.05) is 11.9 Å². The van der Waals surface area contributed by atoms with Crippen LogP contribution in [0.2, 0.25) is 0 Å². The van der Waals surface area contributed by atoms with Gasteiger partial charge in [0.2, 0.25) is 0 Å². The van der Waals surface area contributed by atoms with Gasteiger partial charge >= 0.3 is 5.97 Å². The fraction of sp³-hybridized carbons (Fsp3) is 0.238. The molecule has 0 aliphatic heterocycles. The van der Waals surface area contributed by atoms with Gasteiger partial charge < -0.3 is 9.67 Å². The predicted molar refractivity (Wildman–Crippen MR) is 97.9 cm³/mol. The lowest BCUT2D eigenvalue weighted by Crippen LogP contribution is -2.12. The molecule has 0 radical (unpaired) electrons. The minimum absolute atomic E-state index is 0.0760. The van der Waals surface area contributed by atoms with Crippen LogP contribution in [0.3, 0.4) is 0 Å². The SMILES string of the molecule is CC(C)(C)c1ccc(Cn2c(C(=O)O)cc3ccc(C#N)cc32)cc1. The molecule has 0 atom stereocenters. The summed E-state index contributed by atoms with van der Waals surface area (Å²) in [7, 11) is 0. The molecule has 0 spiro atoms. The minimum atomic E-state index is -0.971. The van der Waals surface area contributed by atoms with Crippen molar-refractivity contribution in [1.29, 1.82) is 5.26 Å². The van der Waals surface area contributed by atoms with Crippen LogP contribution in [-0.2, 0) is 12.0 Å². The first-order valence-corrected chi connectivity index (χ1v) is 8.16. The number of carboxylic acid groups (broad SMARTS) is 1. The Hall–Kier alpha value is -3.06. The van der Waals surface area contributed by atoms with Gasteiger partial charge in [-0.25, -0.2) is 4.79 Å². The lowest BCUT2D eigenvalue weighted by Gasteiger charge is -2.19. The van der Waals surface area contributed by atoms with Gasteiger partial charge in [-0.15, -0.1) is 0 Å². The summed E-state index contributed by atoms with van der Waals surface area (Å²) in [4.78, 5) is 11.6. The smallest absolute Gasteiger partial charge is 0.352 e. The summed E-state index contributed by atoms with van der Waals surface area (Å²) in [5.41, 5.74) is 3.84. The highest BCUT2D eigenvalue weighted by Gasteiger charge is 2.16. The van der Waals surface area contributed by atoms with Gasteiger partial charge in [-0.2, -0.15) is 5.26 Å². The van der Waals surface area contributed by atoms with Crippen molar-refractivity contribution in [2.45, 2.75) is 32.7 Å². The third-order valence-electron chi connectivity index (χ3n) is 4.41. The minimum Gasteiger partial charge on any atom is -0.477 e. The highest BCUT2D eigenvalue weighted by atomic mass is 16.4. The predicted octanol–water partition coefficient (Wildman–Crippen LogP) is 4.56. The standard InChI is InChI=1S/C21H20N2O2/c1-21(2,3)17-8-5-14(6-9-17)13-23-18-10-15(12-22)4-7-16(18)11-19(23)20(24)25/h4-11H,13H2,1-3H3,(H,24,25). The number of carboxylic acids is 1. The van der Waals surface area contributed by atoms with Crippen LogP contribution in [0.15, 0.2) is 48.5 Å². The van der Waals surface area contributed by atoms with Gasteiger partial charge in [0.05, 0.1) is 17.1 Å². The lowest BCUT2D eigenvalue weighted by atomic mass is 9.87. The summed E-state index contributed by atoms with van der Waals surface area (Å²) in [6, 6.07) is 17.2. The molecule has 1 heterocycles. The molecule has 25 heavy (non-hydrogen) atoms. The number of nitriles is 1. The van der Waals surface area contributed by atoms with Crippen LogP contribution < -0.4 is 0 Å². The van der Waals surface area contributed by atoms with Crippen LogP contribution in [0.5, 0.6) is 0 Å². The highest BCUT2D eigenvalue weighted by molar-refractivity contribution is 5.95. The summed E-state index contributed by atoms with van der Waals surface area (Å²) >= 11 is 0. The van der Waals surface area contributed by atoms with E-state index < -0.39 is 5.97 Å². The molecule has 3 rings (SSSR count). The van der Waals surface area contributed by atoms with Crippen LogP contribution in [0.25, 0.3) is 10.9 Å². The van der Waals surface area contributed by atoms with Gasteiger partial charge in [-0.1, -0.05) is 51.1 Å². The summed E-state index contributed by atoms with van der Waals surface area (Å²) in [5, 5.41) is 19.5. The van der Waals surface area contributed by atoms with E-state index in [1.165, 1.54) is 5.56 Å². The molecule has 0 unspecified atom stereocenters. The monoisotopic (exact) mass is 332 g/mol. The Labute approximate surface area is 146 Å². The Kier molecular flexibility index (Phi) is 4.10. The summed E-state index contributed by atoms with van der Waals surface area (Å²) in [5.74, 6) is -0.971. The Balaban J connectivity index is 2.06. The van der Waals surface area contributed by atoms with E-state index >= 15 is 0 Å². The van der Waals surface area contributed by atoms with Crippen molar-refractivity contribution in [2.24, 2.45) is 0 Å². The molecule has 0 aliphatic rings. The summed E-state index contributed by atoms with van der Waals surface area (Å²) < 4.78 is 1.75. The van der Waals surface area contributed by atoms with Crippen molar-refractivity contribution in [3.05, 3.63) is 70.9 Å². The van der Waals surface area contributed by atoms with E-state index in [9.17, 15) is 9.90 Å². The zero-order valence-corrected chi connectivity index (χ0v) is 14.6. The van der Waals surface area contributed by atoms with Crippen molar-refractivity contribution >= 4 is 16.9 Å². The first-order valence-electron chi connectivity index (χ1n) is 8.16. The van der Waals surface area contributed by atoms with Crippen LogP contribution >= 0.6 is 0 Å². The highest BCUT2D eigenvalue weighted by Crippen LogP contribution is 2.25. The zero-order valence-electron chi connectivity index (χ0n) is 14.6. The molecule has 2 aromatic carbocycles. The van der Waals surface area contributed by atoms with Crippen molar-refractivity contribution in [3.8, 4) is 6.07 Å². The molecule has 1 aromatic heterocycles. The van der Waals surface area contributed by atoms with Crippen molar-refractivity contribution in [2.75, 3.05) is 0 Å². The van der Waals surface area contributed by atoms with Crippen LogP contribution in [-0.4, -0.2) is 15.6 Å².